The molecule has 3 heterocycles. The van der Waals surface area contributed by atoms with Crippen LogP contribution in [0.1, 0.15) is 65.9 Å². The molecular formula is C28H45N5. The van der Waals surface area contributed by atoms with E-state index in [9.17, 15) is 0 Å². The molecule has 0 spiro atoms. The molecule has 5 heteroatoms. The van der Waals surface area contributed by atoms with Crippen LogP contribution >= 0.6 is 0 Å². The lowest BCUT2D eigenvalue weighted by atomic mass is 9.76. The van der Waals surface area contributed by atoms with Gasteiger partial charge >= 0.3 is 0 Å². The molecule has 1 saturated heterocycles. The molecular weight excluding hydrogens is 406 g/mol. The van der Waals surface area contributed by atoms with Crippen LogP contribution in [0.25, 0.3) is 0 Å². The molecule has 1 aliphatic carbocycles. The molecule has 33 heavy (non-hydrogen) atoms. The molecule has 1 atom stereocenters. The number of hydrogen-bond donors (Lipinski definition) is 2. The van der Waals surface area contributed by atoms with Gasteiger partial charge in [-0.25, -0.2) is 4.98 Å². The van der Waals surface area contributed by atoms with Crippen molar-refractivity contribution in [2.45, 2.75) is 71.9 Å². The maximum Gasteiger partial charge on any atom is 0.128 e. The number of nitrogens with zero attached hydrogens (tertiary/aromatic N) is 3. The first-order chi connectivity index (χ1) is 15.8. The predicted octanol–water partition coefficient (Wildman–Crippen LogP) is 4.47. The predicted molar refractivity (Wildman–Crippen MR) is 140 cm³/mol. The first-order valence-corrected chi connectivity index (χ1v) is 13.1. The van der Waals surface area contributed by atoms with Crippen LogP contribution in [0.4, 0.5) is 5.82 Å². The van der Waals surface area contributed by atoms with E-state index in [1.807, 2.05) is 0 Å². The van der Waals surface area contributed by atoms with Crippen molar-refractivity contribution in [3.8, 4) is 0 Å². The molecule has 182 valence electrons. The summed E-state index contributed by atoms with van der Waals surface area (Å²) in [4.78, 5) is 9.79. The molecule has 3 aliphatic rings. The normalized spacial score (nSPS) is 22.9. The number of hydrogen-bond acceptors (Lipinski definition) is 5. The van der Waals surface area contributed by atoms with E-state index >= 15 is 0 Å². The van der Waals surface area contributed by atoms with E-state index < -0.39 is 0 Å². The van der Waals surface area contributed by atoms with Crippen molar-refractivity contribution >= 4 is 5.82 Å². The van der Waals surface area contributed by atoms with Crippen LogP contribution in [0.2, 0.25) is 0 Å². The van der Waals surface area contributed by atoms with Gasteiger partial charge in [-0.1, -0.05) is 50.1 Å². The van der Waals surface area contributed by atoms with Gasteiger partial charge < -0.3 is 15.5 Å². The minimum atomic E-state index is -0.0850. The summed E-state index contributed by atoms with van der Waals surface area (Å²) in [7, 11) is 0. The van der Waals surface area contributed by atoms with Crippen molar-refractivity contribution in [3.63, 3.8) is 0 Å². The lowest BCUT2D eigenvalue weighted by Gasteiger charge is -2.38. The summed E-state index contributed by atoms with van der Waals surface area (Å²) < 4.78 is 0. The lowest BCUT2D eigenvalue weighted by Crippen LogP contribution is -2.45. The van der Waals surface area contributed by atoms with Gasteiger partial charge in [-0.05, 0) is 56.6 Å². The van der Waals surface area contributed by atoms with E-state index in [0.29, 0.717) is 6.04 Å². The third-order valence-corrected chi connectivity index (χ3v) is 7.89. The van der Waals surface area contributed by atoms with E-state index in [1.54, 1.807) is 11.1 Å². The SMILES string of the molecule is CCC1=CCN(CC(C)(C)C2=CCC(NC(C)(C)c3ccc(N4CCNCC4)nc3)CC2)C1. The number of nitrogens with one attached hydrogen (secondary N) is 2. The van der Waals surface area contributed by atoms with Crippen LogP contribution in [-0.2, 0) is 5.54 Å². The third-order valence-electron chi connectivity index (χ3n) is 7.89. The highest BCUT2D eigenvalue weighted by Crippen LogP contribution is 2.36. The van der Waals surface area contributed by atoms with Gasteiger partial charge in [-0.3, -0.25) is 4.90 Å². The molecule has 2 N–H and O–H groups in total. The molecule has 4 rings (SSSR count). The Morgan fingerprint density at radius 1 is 1.12 bits per heavy atom. The summed E-state index contributed by atoms with van der Waals surface area (Å²) in [6.07, 6.45) is 11.8. The van der Waals surface area contributed by atoms with Gasteiger partial charge in [-0.2, -0.15) is 0 Å². The number of pyridine rings is 1. The minimum Gasteiger partial charge on any atom is -0.354 e. The molecule has 0 amide bonds. The van der Waals surface area contributed by atoms with Crippen molar-refractivity contribution < 1.29 is 0 Å². The van der Waals surface area contributed by atoms with Gasteiger partial charge in [0.05, 0.1) is 0 Å². The van der Waals surface area contributed by atoms with Crippen LogP contribution in [0.15, 0.2) is 41.6 Å². The van der Waals surface area contributed by atoms with Crippen molar-refractivity contribution in [1.82, 2.24) is 20.5 Å². The number of piperazine rings is 1. The van der Waals surface area contributed by atoms with Crippen molar-refractivity contribution in [2.75, 3.05) is 50.7 Å². The summed E-state index contributed by atoms with van der Waals surface area (Å²) >= 11 is 0. The Labute approximate surface area is 201 Å². The molecule has 2 aliphatic heterocycles. The molecule has 1 unspecified atom stereocenters. The molecule has 0 bridgehead atoms. The maximum atomic E-state index is 4.80. The summed E-state index contributed by atoms with van der Waals surface area (Å²) in [6, 6.07) is 4.98. The summed E-state index contributed by atoms with van der Waals surface area (Å²) in [6.45, 7) is 19.3. The largest absolute Gasteiger partial charge is 0.354 e. The second-order valence-electron chi connectivity index (χ2n) is 11.4. The second-order valence-corrected chi connectivity index (χ2v) is 11.4. The van der Waals surface area contributed by atoms with Crippen molar-refractivity contribution in [2.24, 2.45) is 5.41 Å². The van der Waals surface area contributed by atoms with Crippen molar-refractivity contribution in [3.05, 3.63) is 47.2 Å². The van der Waals surface area contributed by atoms with E-state index in [-0.39, 0.29) is 11.0 Å². The zero-order chi connectivity index (χ0) is 23.5. The fraction of sp³-hybridized carbons (Fsp3) is 0.679. The quantitative estimate of drug-likeness (QED) is 0.571. The molecule has 1 aromatic rings. The minimum absolute atomic E-state index is 0.0850. The first-order valence-electron chi connectivity index (χ1n) is 13.1. The van der Waals surface area contributed by atoms with Crippen LogP contribution in [0.3, 0.4) is 0 Å². The summed E-state index contributed by atoms with van der Waals surface area (Å²) in [5, 5.41) is 7.35. The second kappa shape index (κ2) is 10.3. The van der Waals surface area contributed by atoms with Crippen LogP contribution in [0.5, 0.6) is 0 Å². The molecule has 0 saturated carbocycles. The lowest BCUT2D eigenvalue weighted by molar-refractivity contribution is 0.233. The first kappa shape index (κ1) is 24.4. The van der Waals surface area contributed by atoms with Gasteiger partial charge in [0.15, 0.2) is 0 Å². The average Bonchev–Trinajstić information content (AvgIpc) is 3.27. The highest BCUT2D eigenvalue weighted by atomic mass is 15.2. The number of aromatic nitrogens is 1. The van der Waals surface area contributed by atoms with E-state index in [2.05, 4.69) is 85.5 Å². The Hall–Kier alpha value is -1.69. The van der Waals surface area contributed by atoms with Gasteiger partial charge in [0.2, 0.25) is 0 Å². The van der Waals surface area contributed by atoms with Gasteiger partial charge in [0, 0.05) is 63.6 Å². The van der Waals surface area contributed by atoms with Crippen LogP contribution in [-0.4, -0.2) is 61.7 Å². The Bertz CT molecular complexity index is 846. The van der Waals surface area contributed by atoms with Gasteiger partial charge in [-0.15, -0.1) is 0 Å². The average molecular weight is 452 g/mol. The fourth-order valence-corrected chi connectivity index (χ4v) is 5.72. The smallest absolute Gasteiger partial charge is 0.128 e. The van der Waals surface area contributed by atoms with E-state index in [0.717, 1.165) is 58.1 Å². The Balaban J connectivity index is 1.31. The topological polar surface area (TPSA) is 43.4 Å². The molecule has 1 aromatic heterocycles. The standard InChI is InChI=1S/C28H45N5/c1-6-22-13-16-32(20-22)21-27(2,3)23-7-10-25(11-8-23)31-28(4,5)24-9-12-26(30-19-24)33-17-14-29-15-18-33/h7,9,12-13,19,25,29,31H,6,8,10-11,14-18,20-21H2,1-5H3. The van der Waals surface area contributed by atoms with Crippen LogP contribution in [0, 0.1) is 5.41 Å². The van der Waals surface area contributed by atoms with E-state index in [1.165, 1.54) is 24.8 Å². The van der Waals surface area contributed by atoms with Gasteiger partial charge in [0.25, 0.3) is 0 Å². The number of rotatable bonds is 8. The Morgan fingerprint density at radius 2 is 1.91 bits per heavy atom. The molecule has 1 fully saturated rings. The van der Waals surface area contributed by atoms with Crippen molar-refractivity contribution in [1.29, 1.82) is 0 Å². The summed E-state index contributed by atoms with van der Waals surface area (Å²) in [5.74, 6) is 1.10. The molecule has 0 aromatic carbocycles. The monoisotopic (exact) mass is 451 g/mol. The molecule has 0 radical (unpaired) electrons. The maximum absolute atomic E-state index is 4.80. The Kier molecular flexibility index (Phi) is 7.62. The molecule has 5 nitrogen and oxygen atoms in total. The van der Waals surface area contributed by atoms with Gasteiger partial charge in [0.1, 0.15) is 5.82 Å². The Morgan fingerprint density at radius 3 is 2.52 bits per heavy atom. The summed E-state index contributed by atoms with van der Waals surface area (Å²) in [5.41, 5.74) is 4.68. The number of anilines is 1. The van der Waals surface area contributed by atoms with E-state index in [4.69, 9.17) is 4.98 Å². The highest BCUT2D eigenvalue weighted by molar-refractivity contribution is 5.41. The fourth-order valence-electron chi connectivity index (χ4n) is 5.72. The third kappa shape index (κ3) is 6.06. The zero-order valence-corrected chi connectivity index (χ0v) is 21.6. The van der Waals surface area contributed by atoms with Crippen LogP contribution < -0.4 is 15.5 Å². The highest BCUT2D eigenvalue weighted by Gasteiger charge is 2.32. The zero-order valence-electron chi connectivity index (χ0n) is 21.6.